The molecule has 1 fully saturated rings. The molecule has 0 spiro atoms. The van der Waals surface area contributed by atoms with Gasteiger partial charge in [-0.3, -0.25) is 0 Å². The van der Waals surface area contributed by atoms with Crippen LogP contribution < -0.4 is 10.2 Å². The van der Waals surface area contributed by atoms with Crippen molar-refractivity contribution in [2.45, 2.75) is 39.2 Å². The van der Waals surface area contributed by atoms with Crippen molar-refractivity contribution in [1.29, 1.82) is 0 Å². The van der Waals surface area contributed by atoms with Gasteiger partial charge >= 0.3 is 0 Å². The zero-order valence-corrected chi connectivity index (χ0v) is 11.8. The van der Waals surface area contributed by atoms with Gasteiger partial charge in [-0.25, -0.2) is 4.98 Å². The predicted octanol–water partition coefficient (Wildman–Crippen LogP) is 2.78. The van der Waals surface area contributed by atoms with Crippen LogP contribution in [0.2, 0.25) is 0 Å². The van der Waals surface area contributed by atoms with Gasteiger partial charge in [0.05, 0.1) is 0 Å². The topological polar surface area (TPSA) is 41.1 Å². The molecule has 1 saturated carbocycles. The fraction of sp³-hybridized carbons (Fsp3) is 0.714. The van der Waals surface area contributed by atoms with E-state index in [-0.39, 0.29) is 0 Å². The molecule has 2 unspecified atom stereocenters. The molecule has 0 bridgehead atoms. The highest BCUT2D eigenvalue weighted by molar-refractivity contribution is 5.41. The van der Waals surface area contributed by atoms with Crippen molar-refractivity contribution >= 4 is 11.8 Å². The summed E-state index contributed by atoms with van der Waals surface area (Å²) in [5.74, 6) is 3.32. The predicted molar refractivity (Wildman–Crippen MR) is 75.9 cm³/mol. The summed E-state index contributed by atoms with van der Waals surface area (Å²) in [4.78, 5) is 10.7. The molecule has 1 N–H and O–H groups in total. The Morgan fingerprint density at radius 1 is 1.17 bits per heavy atom. The molecule has 2 atom stereocenters. The lowest BCUT2D eigenvalue weighted by atomic mass is 9.80. The van der Waals surface area contributed by atoms with E-state index in [1.807, 2.05) is 31.3 Å². The van der Waals surface area contributed by atoms with E-state index in [2.05, 4.69) is 29.1 Å². The van der Waals surface area contributed by atoms with Crippen molar-refractivity contribution < 1.29 is 0 Å². The second-order valence-corrected chi connectivity index (χ2v) is 5.90. The van der Waals surface area contributed by atoms with Gasteiger partial charge in [-0.15, -0.1) is 0 Å². The average Bonchev–Trinajstić information content (AvgIpc) is 2.27. The molecule has 1 aromatic rings. The molecular formula is C14H24N4. The number of rotatable bonds is 3. The maximum Gasteiger partial charge on any atom is 0.226 e. The third kappa shape index (κ3) is 3.34. The van der Waals surface area contributed by atoms with Gasteiger partial charge in [-0.1, -0.05) is 13.8 Å². The quantitative estimate of drug-likeness (QED) is 0.893. The number of hydrogen-bond acceptors (Lipinski definition) is 4. The zero-order chi connectivity index (χ0) is 13.1. The maximum absolute atomic E-state index is 4.52. The fourth-order valence-electron chi connectivity index (χ4n) is 2.92. The second kappa shape index (κ2) is 5.55. The first kappa shape index (κ1) is 13.1. The Bertz CT molecular complexity index is 381. The molecule has 4 heteroatoms. The lowest BCUT2D eigenvalue weighted by molar-refractivity contribution is 0.280. The smallest absolute Gasteiger partial charge is 0.226 e. The summed E-state index contributed by atoms with van der Waals surface area (Å²) in [6, 6.07) is 2.50. The lowest BCUT2D eigenvalue weighted by Crippen LogP contribution is -2.30. The van der Waals surface area contributed by atoms with Gasteiger partial charge in [0.1, 0.15) is 5.82 Å². The van der Waals surface area contributed by atoms with Gasteiger partial charge in [-0.2, -0.15) is 4.98 Å². The molecule has 1 aliphatic rings. The van der Waals surface area contributed by atoms with Crippen LogP contribution in [0.1, 0.15) is 33.1 Å². The first-order valence-corrected chi connectivity index (χ1v) is 6.81. The van der Waals surface area contributed by atoms with Crippen LogP contribution in [0.5, 0.6) is 0 Å². The summed E-state index contributed by atoms with van der Waals surface area (Å²) in [5, 5.41) is 3.56. The van der Waals surface area contributed by atoms with Gasteiger partial charge in [0, 0.05) is 26.3 Å². The molecule has 0 aromatic carbocycles. The molecule has 1 aromatic heterocycles. The van der Waals surface area contributed by atoms with E-state index in [0.717, 1.165) is 23.6 Å². The van der Waals surface area contributed by atoms with Crippen LogP contribution in [0.25, 0.3) is 0 Å². The molecule has 0 radical (unpaired) electrons. The van der Waals surface area contributed by atoms with Crippen molar-refractivity contribution in [2.75, 3.05) is 24.3 Å². The summed E-state index contributed by atoms with van der Waals surface area (Å²) in [5.41, 5.74) is 0. The Balaban J connectivity index is 2.02. The Morgan fingerprint density at radius 3 is 2.44 bits per heavy atom. The van der Waals surface area contributed by atoms with Crippen molar-refractivity contribution in [3.8, 4) is 0 Å². The molecular weight excluding hydrogens is 224 g/mol. The largest absolute Gasteiger partial charge is 0.367 e. The second-order valence-electron chi connectivity index (χ2n) is 5.90. The van der Waals surface area contributed by atoms with Gasteiger partial charge in [0.15, 0.2) is 0 Å². The number of nitrogens with one attached hydrogen (secondary N) is 1. The third-order valence-corrected chi connectivity index (χ3v) is 3.57. The van der Waals surface area contributed by atoms with E-state index in [4.69, 9.17) is 0 Å². The minimum atomic E-state index is 0.550. The fourth-order valence-corrected chi connectivity index (χ4v) is 2.92. The molecule has 0 saturated heterocycles. The highest BCUT2D eigenvalue weighted by Gasteiger charge is 2.23. The van der Waals surface area contributed by atoms with Crippen molar-refractivity contribution in [1.82, 2.24) is 9.97 Å². The summed E-state index contributed by atoms with van der Waals surface area (Å²) in [6.07, 6.45) is 5.66. The van der Waals surface area contributed by atoms with Crippen LogP contribution in [-0.4, -0.2) is 30.1 Å². The van der Waals surface area contributed by atoms with Gasteiger partial charge < -0.3 is 10.2 Å². The van der Waals surface area contributed by atoms with Crippen LogP contribution in [-0.2, 0) is 0 Å². The van der Waals surface area contributed by atoms with Crippen molar-refractivity contribution in [2.24, 2.45) is 11.8 Å². The van der Waals surface area contributed by atoms with E-state index >= 15 is 0 Å². The zero-order valence-electron chi connectivity index (χ0n) is 11.8. The number of hydrogen-bond donors (Lipinski definition) is 1. The molecule has 1 heterocycles. The van der Waals surface area contributed by atoms with Crippen LogP contribution in [0.15, 0.2) is 12.3 Å². The highest BCUT2D eigenvalue weighted by Crippen LogP contribution is 2.30. The Kier molecular flexibility index (Phi) is 4.04. The van der Waals surface area contributed by atoms with Gasteiger partial charge in [-0.05, 0) is 37.2 Å². The van der Waals surface area contributed by atoms with Gasteiger partial charge in [0.2, 0.25) is 5.95 Å². The van der Waals surface area contributed by atoms with Crippen molar-refractivity contribution in [3.05, 3.63) is 12.3 Å². The first-order chi connectivity index (χ1) is 8.54. The molecule has 0 amide bonds. The van der Waals surface area contributed by atoms with Crippen LogP contribution in [0, 0.1) is 11.8 Å². The number of aromatic nitrogens is 2. The normalized spacial score (nSPS) is 27.9. The average molecular weight is 248 g/mol. The number of nitrogens with zero attached hydrogens (tertiary/aromatic N) is 3. The third-order valence-electron chi connectivity index (χ3n) is 3.57. The standard InChI is InChI=1S/C14H24N4/c1-10-7-11(2)9-12(8-10)16-13-5-6-15-14(17-13)18(3)4/h5-6,10-12H,7-9H2,1-4H3,(H,15,16,17). The Labute approximate surface area is 110 Å². The first-order valence-electron chi connectivity index (χ1n) is 6.81. The summed E-state index contributed by atoms with van der Waals surface area (Å²) < 4.78 is 0. The summed E-state index contributed by atoms with van der Waals surface area (Å²) in [7, 11) is 3.92. The minimum Gasteiger partial charge on any atom is -0.367 e. The minimum absolute atomic E-state index is 0.550. The number of anilines is 2. The monoisotopic (exact) mass is 248 g/mol. The highest BCUT2D eigenvalue weighted by atomic mass is 15.2. The van der Waals surface area contributed by atoms with E-state index < -0.39 is 0 Å². The Morgan fingerprint density at radius 2 is 1.83 bits per heavy atom. The molecule has 1 aliphatic carbocycles. The summed E-state index contributed by atoms with van der Waals surface area (Å²) in [6.45, 7) is 4.69. The van der Waals surface area contributed by atoms with Crippen LogP contribution in [0.4, 0.5) is 11.8 Å². The van der Waals surface area contributed by atoms with E-state index in [0.29, 0.717) is 6.04 Å². The van der Waals surface area contributed by atoms with Crippen LogP contribution >= 0.6 is 0 Å². The Hall–Kier alpha value is -1.32. The molecule has 4 nitrogen and oxygen atoms in total. The molecule has 2 rings (SSSR count). The molecule has 0 aliphatic heterocycles. The van der Waals surface area contributed by atoms with Gasteiger partial charge in [0.25, 0.3) is 0 Å². The lowest BCUT2D eigenvalue weighted by Gasteiger charge is -2.32. The summed E-state index contributed by atoms with van der Waals surface area (Å²) >= 11 is 0. The van der Waals surface area contributed by atoms with Crippen molar-refractivity contribution in [3.63, 3.8) is 0 Å². The van der Waals surface area contributed by atoms with E-state index in [1.54, 1.807) is 0 Å². The van der Waals surface area contributed by atoms with E-state index in [1.165, 1.54) is 19.3 Å². The van der Waals surface area contributed by atoms with Crippen LogP contribution in [0.3, 0.4) is 0 Å². The SMILES string of the molecule is CC1CC(C)CC(Nc2ccnc(N(C)C)n2)C1. The van der Waals surface area contributed by atoms with E-state index in [9.17, 15) is 0 Å². The molecule has 100 valence electrons. The molecule has 18 heavy (non-hydrogen) atoms. The maximum atomic E-state index is 4.52.